The molecule has 1 rings (SSSR count). The van der Waals surface area contributed by atoms with Crippen LogP contribution < -0.4 is 11.1 Å². The van der Waals surface area contributed by atoms with Crippen LogP contribution in [0.4, 0.5) is 11.4 Å². The van der Waals surface area contributed by atoms with E-state index in [0.29, 0.717) is 23.8 Å². The van der Waals surface area contributed by atoms with Crippen LogP contribution in [0.15, 0.2) is 24.3 Å². The van der Waals surface area contributed by atoms with E-state index in [1.54, 1.807) is 6.07 Å². The van der Waals surface area contributed by atoms with Crippen molar-refractivity contribution in [1.82, 2.24) is 4.90 Å². The molecule has 0 radical (unpaired) electrons. The lowest BCUT2D eigenvalue weighted by molar-refractivity contribution is -0.116. The monoisotopic (exact) mass is 263 g/mol. The molecule has 0 bridgehead atoms. The molecule has 0 unspecified atom stereocenters. The summed E-state index contributed by atoms with van der Waals surface area (Å²) in [5.41, 5.74) is 7.09. The lowest BCUT2D eigenvalue weighted by Crippen LogP contribution is -2.34. The third-order valence-corrected chi connectivity index (χ3v) is 3.10. The molecule has 0 aromatic heterocycles. The van der Waals surface area contributed by atoms with Crippen LogP contribution in [0.25, 0.3) is 0 Å². The standard InChI is InChI=1S/C15H25N3O/c1-4-10-18(12(2)3)11-9-15(19)17-14-8-6-5-7-13(14)16/h5-8,12H,4,9-11,16H2,1-3H3,(H,17,19). The van der Waals surface area contributed by atoms with E-state index >= 15 is 0 Å². The molecule has 1 amide bonds. The van der Waals surface area contributed by atoms with Crippen molar-refractivity contribution in [2.24, 2.45) is 0 Å². The summed E-state index contributed by atoms with van der Waals surface area (Å²) in [4.78, 5) is 14.2. The minimum atomic E-state index is 0.0136. The Bertz CT molecular complexity index is 404. The van der Waals surface area contributed by atoms with Crippen molar-refractivity contribution < 1.29 is 4.79 Å². The summed E-state index contributed by atoms with van der Waals surface area (Å²) in [5, 5.41) is 2.86. The van der Waals surface area contributed by atoms with Gasteiger partial charge in [0.25, 0.3) is 0 Å². The van der Waals surface area contributed by atoms with Crippen LogP contribution in [0.5, 0.6) is 0 Å². The summed E-state index contributed by atoms with van der Waals surface area (Å²) in [6, 6.07) is 7.79. The average Bonchev–Trinajstić information content (AvgIpc) is 2.37. The number of hydrogen-bond acceptors (Lipinski definition) is 3. The second-order valence-corrected chi connectivity index (χ2v) is 5.02. The highest BCUT2D eigenvalue weighted by molar-refractivity contribution is 5.93. The average molecular weight is 263 g/mol. The molecule has 0 fully saturated rings. The quantitative estimate of drug-likeness (QED) is 0.744. The van der Waals surface area contributed by atoms with E-state index in [1.807, 2.05) is 18.2 Å². The van der Waals surface area contributed by atoms with Gasteiger partial charge in [-0.1, -0.05) is 19.1 Å². The summed E-state index contributed by atoms with van der Waals surface area (Å²) in [5.74, 6) is 0.0136. The van der Waals surface area contributed by atoms with Crippen LogP contribution in [0.2, 0.25) is 0 Å². The van der Waals surface area contributed by atoms with Gasteiger partial charge < -0.3 is 16.0 Å². The van der Waals surface area contributed by atoms with Crippen molar-refractivity contribution in [1.29, 1.82) is 0 Å². The molecule has 0 aliphatic heterocycles. The number of nitrogens with two attached hydrogens (primary N) is 1. The van der Waals surface area contributed by atoms with E-state index in [-0.39, 0.29) is 5.91 Å². The molecule has 0 atom stereocenters. The first-order chi connectivity index (χ1) is 9.04. The van der Waals surface area contributed by atoms with Gasteiger partial charge in [0.2, 0.25) is 5.91 Å². The number of carbonyl (C=O) groups is 1. The fourth-order valence-electron chi connectivity index (χ4n) is 1.98. The number of anilines is 2. The maximum absolute atomic E-state index is 11.9. The molecule has 0 heterocycles. The van der Waals surface area contributed by atoms with Gasteiger partial charge in [0.05, 0.1) is 11.4 Å². The van der Waals surface area contributed by atoms with Crippen molar-refractivity contribution in [3.8, 4) is 0 Å². The molecule has 1 aromatic carbocycles. The van der Waals surface area contributed by atoms with Crippen molar-refractivity contribution in [3.63, 3.8) is 0 Å². The van der Waals surface area contributed by atoms with Crippen molar-refractivity contribution >= 4 is 17.3 Å². The molecule has 4 nitrogen and oxygen atoms in total. The SMILES string of the molecule is CCCN(CCC(=O)Nc1ccccc1N)C(C)C. The first kappa shape index (κ1) is 15.5. The molecule has 0 saturated carbocycles. The Balaban J connectivity index is 2.45. The Morgan fingerprint density at radius 3 is 2.58 bits per heavy atom. The molecule has 106 valence electrons. The summed E-state index contributed by atoms with van der Waals surface area (Å²) in [6.45, 7) is 8.27. The van der Waals surface area contributed by atoms with Gasteiger partial charge in [-0.25, -0.2) is 0 Å². The maximum Gasteiger partial charge on any atom is 0.225 e. The largest absolute Gasteiger partial charge is 0.397 e. The smallest absolute Gasteiger partial charge is 0.225 e. The number of benzene rings is 1. The summed E-state index contributed by atoms with van der Waals surface area (Å²) in [7, 11) is 0. The number of amides is 1. The second-order valence-electron chi connectivity index (χ2n) is 5.02. The van der Waals surface area contributed by atoms with Gasteiger partial charge in [-0.05, 0) is 38.9 Å². The minimum absolute atomic E-state index is 0.0136. The number of para-hydroxylation sites is 2. The van der Waals surface area contributed by atoms with Gasteiger partial charge in [0.15, 0.2) is 0 Å². The van der Waals surface area contributed by atoms with E-state index in [0.717, 1.165) is 19.5 Å². The van der Waals surface area contributed by atoms with Crippen molar-refractivity contribution in [3.05, 3.63) is 24.3 Å². The molecule has 1 aromatic rings. The Hall–Kier alpha value is -1.55. The van der Waals surface area contributed by atoms with E-state index < -0.39 is 0 Å². The number of nitrogens with one attached hydrogen (secondary N) is 1. The van der Waals surface area contributed by atoms with Crippen LogP contribution >= 0.6 is 0 Å². The topological polar surface area (TPSA) is 58.4 Å². The zero-order chi connectivity index (χ0) is 14.3. The fourth-order valence-corrected chi connectivity index (χ4v) is 1.98. The molecule has 0 aliphatic carbocycles. The highest BCUT2D eigenvalue weighted by atomic mass is 16.1. The van der Waals surface area contributed by atoms with Crippen LogP contribution in [-0.2, 0) is 4.79 Å². The zero-order valence-electron chi connectivity index (χ0n) is 12.1. The van der Waals surface area contributed by atoms with Crippen molar-refractivity contribution in [2.45, 2.75) is 39.7 Å². The normalized spacial score (nSPS) is 11.0. The summed E-state index contributed by atoms with van der Waals surface area (Å²) in [6.07, 6.45) is 1.60. The lowest BCUT2D eigenvalue weighted by Gasteiger charge is -2.25. The van der Waals surface area contributed by atoms with Crippen LogP contribution in [0.3, 0.4) is 0 Å². The molecular weight excluding hydrogens is 238 g/mol. The highest BCUT2D eigenvalue weighted by Crippen LogP contribution is 2.16. The van der Waals surface area contributed by atoms with Gasteiger partial charge in [-0.2, -0.15) is 0 Å². The fraction of sp³-hybridized carbons (Fsp3) is 0.533. The molecule has 19 heavy (non-hydrogen) atoms. The van der Waals surface area contributed by atoms with Crippen LogP contribution in [0.1, 0.15) is 33.6 Å². The first-order valence-corrected chi connectivity index (χ1v) is 6.93. The Morgan fingerprint density at radius 1 is 1.32 bits per heavy atom. The molecule has 0 aliphatic rings. The number of carbonyl (C=O) groups excluding carboxylic acids is 1. The summed E-state index contributed by atoms with van der Waals surface area (Å²) < 4.78 is 0. The molecule has 0 spiro atoms. The minimum Gasteiger partial charge on any atom is -0.397 e. The Morgan fingerprint density at radius 2 is 2.00 bits per heavy atom. The molecule has 0 saturated heterocycles. The lowest BCUT2D eigenvalue weighted by atomic mass is 10.2. The third kappa shape index (κ3) is 5.30. The molecule has 4 heteroatoms. The van der Waals surface area contributed by atoms with Gasteiger partial charge in [0, 0.05) is 19.0 Å². The predicted octanol–water partition coefficient (Wildman–Crippen LogP) is 2.72. The van der Waals surface area contributed by atoms with Gasteiger partial charge in [-0.3, -0.25) is 4.79 Å². The van der Waals surface area contributed by atoms with E-state index in [4.69, 9.17) is 5.73 Å². The highest BCUT2D eigenvalue weighted by Gasteiger charge is 2.11. The predicted molar refractivity (Wildman–Crippen MR) is 81.1 cm³/mol. The van der Waals surface area contributed by atoms with Crippen molar-refractivity contribution in [2.75, 3.05) is 24.1 Å². The third-order valence-electron chi connectivity index (χ3n) is 3.10. The van der Waals surface area contributed by atoms with Gasteiger partial charge >= 0.3 is 0 Å². The Labute approximate surface area is 116 Å². The van der Waals surface area contributed by atoms with Crippen LogP contribution in [-0.4, -0.2) is 29.9 Å². The number of nitrogens with zero attached hydrogens (tertiary/aromatic N) is 1. The Kier molecular flexibility index (Phi) is 6.36. The van der Waals surface area contributed by atoms with Gasteiger partial charge in [-0.15, -0.1) is 0 Å². The number of nitrogen functional groups attached to an aromatic ring is 1. The van der Waals surface area contributed by atoms with Gasteiger partial charge in [0.1, 0.15) is 0 Å². The van der Waals surface area contributed by atoms with E-state index in [9.17, 15) is 4.79 Å². The number of hydrogen-bond donors (Lipinski definition) is 2. The molecule has 3 N–H and O–H groups in total. The van der Waals surface area contributed by atoms with E-state index in [2.05, 4.69) is 31.0 Å². The number of rotatable bonds is 7. The second kappa shape index (κ2) is 7.79. The first-order valence-electron chi connectivity index (χ1n) is 6.93. The molecular formula is C15H25N3O. The summed E-state index contributed by atoms with van der Waals surface area (Å²) >= 11 is 0. The van der Waals surface area contributed by atoms with Crippen LogP contribution in [0, 0.1) is 0 Å². The maximum atomic E-state index is 11.9. The zero-order valence-corrected chi connectivity index (χ0v) is 12.1. The van der Waals surface area contributed by atoms with E-state index in [1.165, 1.54) is 0 Å².